The molecule has 31 heavy (non-hydrogen) atoms. The lowest BCUT2D eigenvalue weighted by atomic mass is 9.99. The molecule has 8 heteroatoms. The molecule has 4 rings (SSSR count). The van der Waals surface area contributed by atoms with E-state index in [0.717, 1.165) is 36.5 Å². The number of nitrogens with zero attached hydrogens (tertiary/aromatic N) is 3. The normalized spacial score (nSPS) is 16.0. The average molecular weight is 436 g/mol. The van der Waals surface area contributed by atoms with Crippen molar-refractivity contribution >= 4 is 29.0 Å². The van der Waals surface area contributed by atoms with Gasteiger partial charge < -0.3 is 15.5 Å². The van der Waals surface area contributed by atoms with Crippen molar-refractivity contribution in [3.63, 3.8) is 0 Å². The molecule has 0 saturated carbocycles. The van der Waals surface area contributed by atoms with E-state index in [0.29, 0.717) is 18.1 Å². The van der Waals surface area contributed by atoms with E-state index in [4.69, 9.17) is 0 Å². The maximum absolute atomic E-state index is 12.6. The second-order valence-corrected chi connectivity index (χ2v) is 8.53. The predicted molar refractivity (Wildman–Crippen MR) is 121 cm³/mol. The molecule has 1 aliphatic heterocycles. The summed E-state index contributed by atoms with van der Waals surface area (Å²) in [4.78, 5) is 26.9. The Hall–Kier alpha value is -3.26. The Morgan fingerprint density at radius 2 is 1.77 bits per heavy atom. The average Bonchev–Trinajstić information content (AvgIpc) is 3.31. The number of amides is 3. The van der Waals surface area contributed by atoms with Crippen molar-refractivity contribution in [2.45, 2.75) is 25.2 Å². The van der Waals surface area contributed by atoms with Crippen molar-refractivity contribution in [1.29, 1.82) is 0 Å². The van der Waals surface area contributed by atoms with Crippen LogP contribution in [0.2, 0.25) is 0 Å². The predicted octanol–water partition coefficient (Wildman–Crippen LogP) is 3.92. The van der Waals surface area contributed by atoms with Gasteiger partial charge in [-0.15, -0.1) is 10.2 Å². The van der Waals surface area contributed by atoms with Gasteiger partial charge >= 0.3 is 6.03 Å². The summed E-state index contributed by atoms with van der Waals surface area (Å²) in [5.74, 6) is -0.161. The molecule has 1 saturated heterocycles. The van der Waals surface area contributed by atoms with E-state index < -0.39 is 0 Å². The number of piperidine rings is 1. The van der Waals surface area contributed by atoms with Gasteiger partial charge in [-0.2, -0.15) is 0 Å². The number of carbonyl (C=O) groups excluding carboxylic acids is 2. The van der Waals surface area contributed by atoms with E-state index in [9.17, 15) is 9.59 Å². The van der Waals surface area contributed by atoms with Gasteiger partial charge in [0.25, 0.3) is 5.91 Å². The van der Waals surface area contributed by atoms with Gasteiger partial charge in [0.15, 0.2) is 0 Å². The Kier molecular flexibility index (Phi) is 6.89. The van der Waals surface area contributed by atoms with Crippen molar-refractivity contribution in [1.82, 2.24) is 20.4 Å². The van der Waals surface area contributed by atoms with Crippen molar-refractivity contribution in [2.75, 3.05) is 25.0 Å². The maximum atomic E-state index is 12.6. The highest BCUT2D eigenvalue weighted by atomic mass is 32.1. The van der Waals surface area contributed by atoms with Crippen molar-refractivity contribution in [3.05, 3.63) is 76.2 Å². The van der Waals surface area contributed by atoms with Crippen LogP contribution in [0.5, 0.6) is 0 Å². The van der Waals surface area contributed by atoms with Crippen molar-refractivity contribution < 1.29 is 9.59 Å². The van der Waals surface area contributed by atoms with Crippen LogP contribution in [-0.2, 0) is 6.42 Å². The Morgan fingerprint density at radius 1 is 1.03 bits per heavy atom. The molecule has 3 aromatic rings. The molecule has 1 aromatic heterocycles. The smallest absolute Gasteiger partial charge is 0.317 e. The fourth-order valence-electron chi connectivity index (χ4n) is 3.63. The molecule has 7 nitrogen and oxygen atoms in total. The zero-order chi connectivity index (χ0) is 21.5. The molecular formula is C23H25N5O2S. The molecule has 0 radical (unpaired) electrons. The molecule has 160 valence electrons. The highest BCUT2D eigenvalue weighted by molar-refractivity contribution is 7.13. The standard InChI is InChI=1S/C23H25N5O2S/c29-20(25-19-11-5-2-6-12-19)22-27-26-21(31-22)18-10-7-15-28(16-18)23(30)24-14-13-17-8-3-1-4-9-17/h1-6,8-9,11-12,18H,7,10,13-16H2,(H,24,30)(H,25,29). The lowest BCUT2D eigenvalue weighted by molar-refractivity contribution is 0.102. The molecule has 2 N–H and O–H groups in total. The van der Waals surface area contributed by atoms with E-state index in [2.05, 4.69) is 33.0 Å². The van der Waals surface area contributed by atoms with Gasteiger partial charge in [-0.05, 0) is 37.0 Å². The number of urea groups is 1. The first-order valence-electron chi connectivity index (χ1n) is 10.5. The molecule has 1 aliphatic rings. The third-order valence-electron chi connectivity index (χ3n) is 5.26. The van der Waals surface area contributed by atoms with E-state index in [1.807, 2.05) is 53.4 Å². The first-order valence-corrected chi connectivity index (χ1v) is 11.3. The number of aromatic nitrogens is 2. The Morgan fingerprint density at radius 3 is 2.55 bits per heavy atom. The summed E-state index contributed by atoms with van der Waals surface area (Å²) < 4.78 is 0. The molecule has 3 amide bonds. The van der Waals surface area contributed by atoms with E-state index in [1.54, 1.807) is 0 Å². The number of benzene rings is 2. The van der Waals surface area contributed by atoms with Gasteiger partial charge in [-0.25, -0.2) is 4.79 Å². The Balaban J connectivity index is 1.30. The van der Waals surface area contributed by atoms with E-state index in [1.165, 1.54) is 16.9 Å². The number of anilines is 1. The Labute approximate surface area is 185 Å². The summed E-state index contributed by atoms with van der Waals surface area (Å²) in [6, 6.07) is 19.3. The summed E-state index contributed by atoms with van der Waals surface area (Å²) in [5.41, 5.74) is 1.93. The van der Waals surface area contributed by atoms with Crippen LogP contribution in [0.1, 0.15) is 39.1 Å². The Bertz CT molecular complexity index is 1010. The topological polar surface area (TPSA) is 87.2 Å². The minimum Gasteiger partial charge on any atom is -0.338 e. The summed E-state index contributed by atoms with van der Waals surface area (Å²) in [6.45, 7) is 1.92. The summed E-state index contributed by atoms with van der Waals surface area (Å²) in [5, 5.41) is 15.3. The van der Waals surface area contributed by atoms with Crippen LogP contribution in [0.4, 0.5) is 10.5 Å². The molecule has 1 unspecified atom stereocenters. The van der Waals surface area contributed by atoms with Crippen LogP contribution >= 0.6 is 11.3 Å². The fourth-order valence-corrected chi connectivity index (χ4v) is 4.49. The van der Waals surface area contributed by atoms with Gasteiger partial charge in [0, 0.05) is 31.2 Å². The minimum atomic E-state index is -0.263. The number of nitrogens with one attached hydrogen (secondary N) is 2. The molecular weight excluding hydrogens is 410 g/mol. The number of rotatable bonds is 6. The molecule has 1 atom stereocenters. The molecule has 2 aromatic carbocycles. The van der Waals surface area contributed by atoms with Crippen molar-refractivity contribution in [2.24, 2.45) is 0 Å². The number of para-hydroxylation sites is 1. The largest absolute Gasteiger partial charge is 0.338 e. The molecule has 2 heterocycles. The zero-order valence-corrected chi connectivity index (χ0v) is 18.0. The SMILES string of the molecule is O=C(Nc1ccccc1)c1nnc(C2CCCN(C(=O)NCCc3ccccc3)C2)s1. The molecule has 1 fully saturated rings. The lowest BCUT2D eigenvalue weighted by Gasteiger charge is -2.31. The minimum absolute atomic E-state index is 0.0489. The van der Waals surface area contributed by atoms with Crippen molar-refractivity contribution in [3.8, 4) is 0 Å². The van der Waals surface area contributed by atoms with Gasteiger partial charge in [0.2, 0.25) is 5.01 Å². The number of hydrogen-bond acceptors (Lipinski definition) is 5. The first kappa shape index (κ1) is 21.0. The van der Waals surface area contributed by atoms with Crippen LogP contribution in [0.3, 0.4) is 0 Å². The summed E-state index contributed by atoms with van der Waals surface area (Å²) >= 11 is 1.30. The summed E-state index contributed by atoms with van der Waals surface area (Å²) in [7, 11) is 0. The van der Waals surface area contributed by atoms with Crippen LogP contribution < -0.4 is 10.6 Å². The summed E-state index contributed by atoms with van der Waals surface area (Å²) in [6.07, 6.45) is 2.64. The molecule has 0 aliphatic carbocycles. The lowest BCUT2D eigenvalue weighted by Crippen LogP contribution is -2.45. The number of carbonyl (C=O) groups is 2. The third-order valence-corrected chi connectivity index (χ3v) is 6.34. The van der Waals surface area contributed by atoms with Gasteiger partial charge in [0.05, 0.1) is 0 Å². The van der Waals surface area contributed by atoms with Gasteiger partial charge in [0.1, 0.15) is 5.01 Å². The van der Waals surface area contributed by atoms with E-state index in [-0.39, 0.29) is 17.9 Å². The third kappa shape index (κ3) is 5.67. The molecule has 0 bridgehead atoms. The number of likely N-dealkylation sites (tertiary alicyclic amines) is 1. The van der Waals surface area contributed by atoms with Crippen LogP contribution in [0.25, 0.3) is 0 Å². The number of hydrogen-bond donors (Lipinski definition) is 2. The quantitative estimate of drug-likeness (QED) is 0.614. The fraction of sp³-hybridized carbons (Fsp3) is 0.304. The monoisotopic (exact) mass is 435 g/mol. The van der Waals surface area contributed by atoms with E-state index >= 15 is 0 Å². The van der Waals surface area contributed by atoms with Gasteiger partial charge in [-0.3, -0.25) is 4.79 Å². The highest BCUT2D eigenvalue weighted by Crippen LogP contribution is 2.29. The second-order valence-electron chi connectivity index (χ2n) is 7.52. The second kappa shape index (κ2) is 10.2. The van der Waals surface area contributed by atoms with Crippen LogP contribution in [-0.4, -0.2) is 46.7 Å². The van der Waals surface area contributed by atoms with Crippen LogP contribution in [0, 0.1) is 0 Å². The molecule has 0 spiro atoms. The van der Waals surface area contributed by atoms with Gasteiger partial charge in [-0.1, -0.05) is 59.9 Å². The zero-order valence-electron chi connectivity index (χ0n) is 17.2. The maximum Gasteiger partial charge on any atom is 0.317 e. The first-order chi connectivity index (χ1) is 15.2. The highest BCUT2D eigenvalue weighted by Gasteiger charge is 2.28. The van der Waals surface area contributed by atoms with Crippen LogP contribution in [0.15, 0.2) is 60.7 Å².